The Bertz CT molecular complexity index is 898. The molecular weight excluding hydrogens is 365 g/mol. The van der Waals surface area contributed by atoms with Crippen LogP contribution in [-0.2, 0) is 4.79 Å². The van der Waals surface area contributed by atoms with Crippen molar-refractivity contribution in [1.29, 1.82) is 0 Å². The second-order valence-electron chi connectivity index (χ2n) is 6.09. The van der Waals surface area contributed by atoms with E-state index in [0.717, 1.165) is 0 Å². The summed E-state index contributed by atoms with van der Waals surface area (Å²) in [6.07, 6.45) is 0. The van der Waals surface area contributed by atoms with E-state index in [0.29, 0.717) is 23.1 Å². The number of amides is 1. The number of nitrogens with two attached hydrogens (primary N) is 1. The molecule has 8 heteroatoms. The summed E-state index contributed by atoms with van der Waals surface area (Å²) in [7, 11) is 0. The van der Waals surface area contributed by atoms with E-state index in [1.54, 1.807) is 12.1 Å². The van der Waals surface area contributed by atoms with E-state index in [9.17, 15) is 9.18 Å². The van der Waals surface area contributed by atoms with Gasteiger partial charge in [0.25, 0.3) is 0 Å². The lowest BCUT2D eigenvalue weighted by Gasteiger charge is -2.12. The predicted molar refractivity (Wildman–Crippen MR) is 104 cm³/mol. The standard InChI is InChI=1S/C19H20FN5OS/c1-13(14-5-3-2-4-6-14)11-22-17(26)12-27-19-24-23-18(25(19)21)15-7-9-16(20)10-8-15/h2-10,13H,11-12,21H2,1H3,(H,22,26)/t13-/m1/s1. The van der Waals surface area contributed by atoms with Gasteiger partial charge in [0.05, 0.1) is 5.75 Å². The zero-order valence-electron chi connectivity index (χ0n) is 14.8. The number of hydrogen-bond acceptors (Lipinski definition) is 5. The Kier molecular flexibility index (Phi) is 6.08. The Morgan fingerprint density at radius 3 is 2.59 bits per heavy atom. The summed E-state index contributed by atoms with van der Waals surface area (Å²) in [5.74, 6) is 6.38. The van der Waals surface area contributed by atoms with Crippen molar-refractivity contribution >= 4 is 17.7 Å². The molecule has 1 atom stereocenters. The molecule has 3 N–H and O–H groups in total. The first-order valence-electron chi connectivity index (χ1n) is 8.45. The molecule has 2 aromatic carbocycles. The average molecular weight is 385 g/mol. The average Bonchev–Trinajstić information content (AvgIpc) is 3.06. The third-order valence-electron chi connectivity index (χ3n) is 4.07. The van der Waals surface area contributed by atoms with E-state index < -0.39 is 0 Å². The molecule has 0 aliphatic heterocycles. The predicted octanol–water partition coefficient (Wildman–Crippen LogP) is 2.81. The van der Waals surface area contributed by atoms with Crippen molar-refractivity contribution in [3.05, 3.63) is 66.0 Å². The van der Waals surface area contributed by atoms with Crippen molar-refractivity contribution in [1.82, 2.24) is 20.2 Å². The number of aromatic nitrogens is 3. The maximum absolute atomic E-state index is 13.0. The van der Waals surface area contributed by atoms with Gasteiger partial charge in [-0.05, 0) is 35.7 Å². The van der Waals surface area contributed by atoms with Gasteiger partial charge in [0, 0.05) is 12.1 Å². The van der Waals surface area contributed by atoms with Crippen LogP contribution >= 0.6 is 11.8 Å². The van der Waals surface area contributed by atoms with Crippen molar-refractivity contribution in [2.75, 3.05) is 18.1 Å². The third kappa shape index (κ3) is 4.85. The summed E-state index contributed by atoms with van der Waals surface area (Å²) in [6, 6.07) is 15.8. The number of hydrogen-bond donors (Lipinski definition) is 2. The fourth-order valence-electron chi connectivity index (χ4n) is 2.52. The molecule has 1 heterocycles. The highest BCUT2D eigenvalue weighted by Crippen LogP contribution is 2.21. The molecule has 0 aliphatic rings. The summed E-state index contributed by atoms with van der Waals surface area (Å²) in [6.45, 7) is 2.62. The number of nitrogen functional groups attached to an aromatic ring is 1. The molecule has 0 saturated carbocycles. The van der Waals surface area contributed by atoms with Crippen LogP contribution in [0.3, 0.4) is 0 Å². The van der Waals surface area contributed by atoms with Gasteiger partial charge in [0.1, 0.15) is 5.82 Å². The smallest absolute Gasteiger partial charge is 0.230 e. The molecule has 3 aromatic rings. The summed E-state index contributed by atoms with van der Waals surface area (Å²) in [5, 5.41) is 11.4. The van der Waals surface area contributed by atoms with E-state index in [1.807, 2.05) is 30.3 Å². The Morgan fingerprint density at radius 1 is 1.19 bits per heavy atom. The Balaban J connectivity index is 1.53. The molecule has 1 amide bonds. The second kappa shape index (κ2) is 8.68. The Hall–Kier alpha value is -2.87. The molecule has 1 aromatic heterocycles. The van der Waals surface area contributed by atoms with Gasteiger partial charge in [-0.15, -0.1) is 10.2 Å². The summed E-state index contributed by atoms with van der Waals surface area (Å²) in [5.41, 5.74) is 1.83. The molecule has 0 spiro atoms. The number of thioether (sulfide) groups is 1. The SMILES string of the molecule is C[C@H](CNC(=O)CSc1nnc(-c2ccc(F)cc2)n1N)c1ccccc1. The summed E-state index contributed by atoms with van der Waals surface area (Å²) in [4.78, 5) is 12.1. The number of benzene rings is 2. The van der Waals surface area contributed by atoms with Crippen molar-refractivity contribution < 1.29 is 9.18 Å². The van der Waals surface area contributed by atoms with Crippen LogP contribution in [0.5, 0.6) is 0 Å². The molecule has 0 bridgehead atoms. The molecule has 140 valence electrons. The number of carbonyl (C=O) groups excluding carboxylic acids is 1. The highest BCUT2D eigenvalue weighted by molar-refractivity contribution is 7.99. The lowest BCUT2D eigenvalue weighted by molar-refractivity contribution is -0.118. The van der Waals surface area contributed by atoms with Gasteiger partial charge < -0.3 is 11.2 Å². The lowest BCUT2D eigenvalue weighted by atomic mass is 10.0. The van der Waals surface area contributed by atoms with E-state index in [1.165, 1.54) is 34.1 Å². The first-order chi connectivity index (χ1) is 13.0. The number of nitrogens with one attached hydrogen (secondary N) is 1. The normalized spacial score (nSPS) is 11.9. The maximum Gasteiger partial charge on any atom is 0.230 e. The van der Waals surface area contributed by atoms with Crippen LogP contribution in [0.2, 0.25) is 0 Å². The number of nitrogens with zero attached hydrogens (tertiary/aromatic N) is 3. The monoisotopic (exact) mass is 385 g/mol. The minimum Gasteiger partial charge on any atom is -0.355 e. The van der Waals surface area contributed by atoms with Crippen LogP contribution in [0.1, 0.15) is 18.4 Å². The van der Waals surface area contributed by atoms with Gasteiger partial charge in [-0.1, -0.05) is 49.0 Å². The molecule has 0 unspecified atom stereocenters. The molecule has 6 nitrogen and oxygen atoms in total. The van der Waals surface area contributed by atoms with Gasteiger partial charge in [-0.25, -0.2) is 9.07 Å². The Morgan fingerprint density at radius 2 is 1.89 bits per heavy atom. The van der Waals surface area contributed by atoms with Crippen LogP contribution in [0, 0.1) is 5.82 Å². The first kappa shape index (κ1) is 18.9. The van der Waals surface area contributed by atoms with Gasteiger partial charge in [-0.2, -0.15) is 0 Å². The van der Waals surface area contributed by atoms with Gasteiger partial charge in [0.15, 0.2) is 5.82 Å². The molecule has 0 aliphatic carbocycles. The second-order valence-corrected chi connectivity index (χ2v) is 7.03. The number of rotatable bonds is 7. The molecule has 3 rings (SSSR count). The van der Waals surface area contributed by atoms with Crippen molar-refractivity contribution in [3.63, 3.8) is 0 Å². The minimum atomic E-state index is -0.335. The fourth-order valence-corrected chi connectivity index (χ4v) is 3.21. The topological polar surface area (TPSA) is 85.8 Å². The number of halogens is 1. The van der Waals surface area contributed by atoms with E-state index in [4.69, 9.17) is 5.84 Å². The zero-order valence-corrected chi connectivity index (χ0v) is 15.6. The maximum atomic E-state index is 13.0. The summed E-state index contributed by atoms with van der Waals surface area (Å²) < 4.78 is 14.3. The van der Waals surface area contributed by atoms with Crippen LogP contribution in [0.15, 0.2) is 59.8 Å². The third-order valence-corrected chi connectivity index (χ3v) is 5.02. The largest absolute Gasteiger partial charge is 0.355 e. The zero-order chi connectivity index (χ0) is 19.2. The van der Waals surface area contributed by atoms with Gasteiger partial charge in [-0.3, -0.25) is 4.79 Å². The first-order valence-corrected chi connectivity index (χ1v) is 9.44. The molecule has 27 heavy (non-hydrogen) atoms. The van der Waals surface area contributed by atoms with Crippen LogP contribution in [0.25, 0.3) is 11.4 Å². The van der Waals surface area contributed by atoms with Crippen molar-refractivity contribution in [2.24, 2.45) is 0 Å². The minimum absolute atomic E-state index is 0.103. The van der Waals surface area contributed by atoms with Crippen LogP contribution in [0.4, 0.5) is 4.39 Å². The Labute approximate surface area is 161 Å². The highest BCUT2D eigenvalue weighted by atomic mass is 32.2. The van der Waals surface area contributed by atoms with Gasteiger partial charge in [0.2, 0.25) is 11.1 Å². The van der Waals surface area contributed by atoms with E-state index >= 15 is 0 Å². The summed E-state index contributed by atoms with van der Waals surface area (Å²) >= 11 is 1.20. The van der Waals surface area contributed by atoms with Crippen molar-refractivity contribution in [2.45, 2.75) is 18.0 Å². The van der Waals surface area contributed by atoms with E-state index in [-0.39, 0.29) is 23.4 Å². The van der Waals surface area contributed by atoms with Crippen LogP contribution in [-0.4, -0.2) is 33.1 Å². The molecule has 0 fully saturated rings. The molecular formula is C19H20FN5OS. The molecule has 0 radical (unpaired) electrons. The van der Waals surface area contributed by atoms with Gasteiger partial charge >= 0.3 is 0 Å². The van der Waals surface area contributed by atoms with Crippen LogP contribution < -0.4 is 11.2 Å². The fraction of sp³-hybridized carbons (Fsp3) is 0.211. The highest BCUT2D eigenvalue weighted by Gasteiger charge is 2.14. The lowest BCUT2D eigenvalue weighted by Crippen LogP contribution is -2.29. The molecule has 0 saturated heterocycles. The number of carbonyl (C=O) groups is 1. The van der Waals surface area contributed by atoms with E-state index in [2.05, 4.69) is 22.4 Å². The quantitative estimate of drug-likeness (QED) is 0.482. The van der Waals surface area contributed by atoms with Crippen molar-refractivity contribution in [3.8, 4) is 11.4 Å².